The molecule has 0 fully saturated rings. The number of aromatic amines is 1. The number of aliphatic imine (C=N–C) groups is 1. The maximum atomic E-state index is 5.14. The molecule has 21 heavy (non-hydrogen) atoms. The van der Waals surface area contributed by atoms with Crippen molar-refractivity contribution in [3.63, 3.8) is 0 Å². The van der Waals surface area contributed by atoms with E-state index in [4.69, 9.17) is 4.52 Å². The Kier molecular flexibility index (Phi) is 3.51. The molecule has 6 nitrogen and oxygen atoms in total. The highest BCUT2D eigenvalue weighted by Crippen LogP contribution is 2.20. The van der Waals surface area contributed by atoms with Crippen molar-refractivity contribution >= 4 is 17.9 Å². The molecule has 0 saturated carbocycles. The van der Waals surface area contributed by atoms with Gasteiger partial charge in [0.25, 0.3) is 0 Å². The lowest BCUT2D eigenvalue weighted by Crippen LogP contribution is -1.94. The van der Waals surface area contributed by atoms with Crippen molar-refractivity contribution in [2.75, 3.05) is 5.32 Å². The number of benzene rings is 1. The fraction of sp³-hybridized carbons (Fsp3) is 0.133. The molecule has 0 spiro atoms. The molecular formula is C15H15N5O. The molecule has 0 saturated heterocycles. The van der Waals surface area contributed by atoms with Crippen LogP contribution in [0.15, 0.2) is 46.3 Å². The highest BCUT2D eigenvalue weighted by molar-refractivity contribution is 5.77. The standard InChI is InChI=1S/C15H15N5O/c1-10-11(2)20-21-15(10)19-9-17-13-5-3-12(4-6-13)14-7-16-8-18-14/h3-9H,1-2H3,(H,16,18)(H,17,19). The van der Waals surface area contributed by atoms with Crippen LogP contribution in [0.3, 0.4) is 0 Å². The van der Waals surface area contributed by atoms with Crippen LogP contribution in [-0.2, 0) is 0 Å². The summed E-state index contributed by atoms with van der Waals surface area (Å²) in [6, 6.07) is 7.82. The molecule has 0 unspecified atom stereocenters. The van der Waals surface area contributed by atoms with Crippen LogP contribution in [0.2, 0.25) is 0 Å². The first-order valence-electron chi connectivity index (χ1n) is 6.55. The van der Waals surface area contributed by atoms with Crippen molar-refractivity contribution < 1.29 is 4.52 Å². The minimum Gasteiger partial charge on any atom is -0.351 e. The van der Waals surface area contributed by atoms with Gasteiger partial charge in [-0.05, 0) is 26.0 Å². The summed E-state index contributed by atoms with van der Waals surface area (Å²) >= 11 is 0. The van der Waals surface area contributed by atoms with Gasteiger partial charge in [0.2, 0.25) is 5.88 Å². The summed E-state index contributed by atoms with van der Waals surface area (Å²) in [6.07, 6.45) is 5.11. The van der Waals surface area contributed by atoms with Gasteiger partial charge in [-0.3, -0.25) is 0 Å². The van der Waals surface area contributed by atoms with Crippen molar-refractivity contribution in [3.8, 4) is 11.3 Å². The van der Waals surface area contributed by atoms with Crippen LogP contribution in [0, 0.1) is 13.8 Å². The second kappa shape index (κ2) is 5.62. The fourth-order valence-corrected chi connectivity index (χ4v) is 1.85. The van der Waals surface area contributed by atoms with Crippen LogP contribution in [0.1, 0.15) is 11.3 Å². The number of aryl methyl sites for hydroxylation is 1. The first-order chi connectivity index (χ1) is 10.2. The van der Waals surface area contributed by atoms with E-state index in [1.807, 2.05) is 44.3 Å². The highest BCUT2D eigenvalue weighted by Gasteiger charge is 2.05. The number of H-pyrrole nitrogens is 1. The first-order valence-corrected chi connectivity index (χ1v) is 6.55. The number of rotatable bonds is 4. The topological polar surface area (TPSA) is 79.1 Å². The molecule has 3 aromatic rings. The fourth-order valence-electron chi connectivity index (χ4n) is 1.85. The summed E-state index contributed by atoms with van der Waals surface area (Å²) in [4.78, 5) is 11.5. The van der Waals surface area contributed by atoms with Crippen LogP contribution >= 0.6 is 0 Å². The van der Waals surface area contributed by atoms with E-state index in [1.165, 1.54) is 0 Å². The molecule has 0 aliphatic heterocycles. The largest absolute Gasteiger partial charge is 0.351 e. The molecule has 2 aromatic heterocycles. The van der Waals surface area contributed by atoms with Crippen LogP contribution in [0.25, 0.3) is 11.3 Å². The molecule has 3 rings (SSSR count). The summed E-state index contributed by atoms with van der Waals surface area (Å²) in [5.41, 5.74) is 4.65. The second-order valence-electron chi connectivity index (χ2n) is 4.63. The Morgan fingerprint density at radius 1 is 1.24 bits per heavy atom. The third kappa shape index (κ3) is 2.84. The molecule has 0 bridgehead atoms. The minimum atomic E-state index is 0.615. The van der Waals surface area contributed by atoms with Gasteiger partial charge in [-0.1, -0.05) is 17.3 Å². The number of imidazole rings is 1. The van der Waals surface area contributed by atoms with Gasteiger partial charge in [-0.25, -0.2) is 9.98 Å². The predicted octanol–water partition coefficient (Wildman–Crippen LogP) is 3.45. The molecule has 0 aliphatic carbocycles. The maximum absolute atomic E-state index is 5.14. The normalized spacial score (nSPS) is 11.1. The summed E-state index contributed by atoms with van der Waals surface area (Å²) in [5, 5.41) is 6.86. The van der Waals surface area contributed by atoms with E-state index < -0.39 is 0 Å². The third-order valence-electron chi connectivity index (χ3n) is 3.23. The van der Waals surface area contributed by atoms with E-state index in [9.17, 15) is 0 Å². The average Bonchev–Trinajstić information content (AvgIpc) is 3.13. The highest BCUT2D eigenvalue weighted by atomic mass is 16.5. The Morgan fingerprint density at radius 2 is 2.05 bits per heavy atom. The van der Waals surface area contributed by atoms with Crippen LogP contribution in [0.4, 0.5) is 11.6 Å². The zero-order valence-corrected chi connectivity index (χ0v) is 11.8. The predicted molar refractivity (Wildman–Crippen MR) is 81.8 cm³/mol. The van der Waals surface area contributed by atoms with Crippen molar-refractivity contribution in [2.24, 2.45) is 4.99 Å². The Balaban J connectivity index is 1.68. The monoisotopic (exact) mass is 281 g/mol. The summed E-state index contributed by atoms with van der Waals surface area (Å²) in [7, 11) is 0. The number of hydrogen-bond donors (Lipinski definition) is 2. The van der Waals surface area contributed by atoms with E-state index in [0.29, 0.717) is 5.88 Å². The quantitative estimate of drug-likeness (QED) is 0.567. The van der Waals surface area contributed by atoms with Crippen molar-refractivity contribution in [3.05, 3.63) is 48.0 Å². The second-order valence-corrected chi connectivity index (χ2v) is 4.63. The third-order valence-corrected chi connectivity index (χ3v) is 3.23. The van der Waals surface area contributed by atoms with E-state index >= 15 is 0 Å². The molecule has 0 atom stereocenters. The zero-order chi connectivity index (χ0) is 14.7. The molecule has 1 aromatic carbocycles. The lowest BCUT2D eigenvalue weighted by atomic mass is 10.1. The molecule has 0 radical (unpaired) electrons. The molecule has 0 amide bonds. The first kappa shape index (κ1) is 13.1. The Hall–Kier alpha value is -2.89. The molecule has 106 valence electrons. The number of nitrogens with zero attached hydrogens (tertiary/aromatic N) is 3. The molecule has 2 N–H and O–H groups in total. The molecular weight excluding hydrogens is 266 g/mol. The van der Waals surface area contributed by atoms with Gasteiger partial charge in [-0.15, -0.1) is 0 Å². The molecule has 0 aliphatic rings. The summed E-state index contributed by atoms with van der Waals surface area (Å²) in [5.74, 6) is 0.615. The van der Waals surface area contributed by atoms with Crippen LogP contribution in [0.5, 0.6) is 0 Å². The lowest BCUT2D eigenvalue weighted by Gasteiger charge is -1.98. The molecule has 6 heteroatoms. The van der Waals surface area contributed by atoms with Crippen LogP contribution in [-0.4, -0.2) is 21.5 Å². The van der Waals surface area contributed by atoms with Gasteiger partial charge in [0.1, 0.15) is 0 Å². The Labute approximate surface area is 121 Å². The molecule has 2 heterocycles. The van der Waals surface area contributed by atoms with E-state index in [0.717, 1.165) is 28.2 Å². The maximum Gasteiger partial charge on any atom is 0.232 e. The minimum absolute atomic E-state index is 0.615. The van der Waals surface area contributed by atoms with E-state index in [1.54, 1.807) is 12.7 Å². The van der Waals surface area contributed by atoms with Crippen molar-refractivity contribution in [1.82, 2.24) is 15.1 Å². The van der Waals surface area contributed by atoms with Gasteiger partial charge < -0.3 is 14.8 Å². The van der Waals surface area contributed by atoms with Crippen molar-refractivity contribution in [2.45, 2.75) is 13.8 Å². The Morgan fingerprint density at radius 3 is 2.67 bits per heavy atom. The van der Waals surface area contributed by atoms with Gasteiger partial charge >= 0.3 is 0 Å². The number of nitrogens with one attached hydrogen (secondary N) is 2. The lowest BCUT2D eigenvalue weighted by molar-refractivity contribution is 0.430. The Bertz CT molecular complexity index is 741. The summed E-state index contributed by atoms with van der Waals surface area (Å²) < 4.78 is 5.14. The number of aromatic nitrogens is 3. The van der Waals surface area contributed by atoms with E-state index in [-0.39, 0.29) is 0 Å². The van der Waals surface area contributed by atoms with Gasteiger partial charge in [0.05, 0.1) is 29.7 Å². The van der Waals surface area contributed by atoms with E-state index in [2.05, 4.69) is 25.4 Å². The van der Waals surface area contributed by atoms with Gasteiger partial charge in [-0.2, -0.15) is 0 Å². The van der Waals surface area contributed by atoms with Gasteiger partial charge in [0, 0.05) is 17.3 Å². The SMILES string of the molecule is Cc1noc(N/C=N/c2ccc(-c3c[nH]cn3)cc2)c1C. The van der Waals surface area contributed by atoms with Crippen LogP contribution < -0.4 is 5.32 Å². The smallest absolute Gasteiger partial charge is 0.232 e. The van der Waals surface area contributed by atoms with Crippen molar-refractivity contribution in [1.29, 1.82) is 0 Å². The number of anilines is 1. The average molecular weight is 281 g/mol. The summed E-state index contributed by atoms with van der Waals surface area (Å²) in [6.45, 7) is 3.84. The zero-order valence-electron chi connectivity index (χ0n) is 11.8. The number of hydrogen-bond acceptors (Lipinski definition) is 4. The van der Waals surface area contributed by atoms with Gasteiger partial charge in [0.15, 0.2) is 0 Å².